The van der Waals surface area contributed by atoms with Gasteiger partial charge in [-0.15, -0.1) is 0 Å². The third kappa shape index (κ3) is 4.16. The molecule has 0 aliphatic rings. The van der Waals surface area contributed by atoms with Crippen LogP contribution in [0.15, 0.2) is 0 Å². The Hall–Kier alpha value is -1.50. The second-order valence-electron chi connectivity index (χ2n) is 2.91. The molecular formula is C9H13NO3. The van der Waals surface area contributed by atoms with Gasteiger partial charge < -0.3 is 10.4 Å². The molecule has 13 heavy (non-hydrogen) atoms. The first-order valence-corrected chi connectivity index (χ1v) is 3.95. The molecule has 4 nitrogen and oxygen atoms in total. The maximum Gasteiger partial charge on any atom is 0.326 e. The average molecular weight is 183 g/mol. The highest BCUT2D eigenvalue weighted by Gasteiger charge is 2.22. The lowest BCUT2D eigenvalue weighted by Crippen LogP contribution is -2.43. The van der Waals surface area contributed by atoms with Gasteiger partial charge >= 0.3 is 5.97 Å². The molecule has 2 N–H and O–H groups in total. The van der Waals surface area contributed by atoms with Crippen molar-refractivity contribution in [3.63, 3.8) is 0 Å². The second-order valence-corrected chi connectivity index (χ2v) is 2.91. The Labute approximate surface area is 77.3 Å². The van der Waals surface area contributed by atoms with E-state index in [4.69, 9.17) is 5.11 Å². The first kappa shape index (κ1) is 11.5. The molecule has 0 spiro atoms. The smallest absolute Gasteiger partial charge is 0.326 e. The standard InChI is InChI=1S/C9H13NO3/c1-4-5-7(11)10-8(6(2)3)9(12)13/h6,8H,1-3H3,(H,10,11)(H,12,13)/t8-/m0/s1. The third-order valence-electron chi connectivity index (χ3n) is 1.46. The predicted molar refractivity (Wildman–Crippen MR) is 47.9 cm³/mol. The zero-order chi connectivity index (χ0) is 10.4. The number of carboxylic acids is 1. The summed E-state index contributed by atoms with van der Waals surface area (Å²) in [4.78, 5) is 21.5. The van der Waals surface area contributed by atoms with Crippen LogP contribution in [0.4, 0.5) is 0 Å². The number of nitrogens with one attached hydrogen (secondary N) is 1. The minimum atomic E-state index is -1.04. The largest absolute Gasteiger partial charge is 0.480 e. The lowest BCUT2D eigenvalue weighted by atomic mass is 10.1. The highest BCUT2D eigenvalue weighted by Crippen LogP contribution is 2.00. The van der Waals surface area contributed by atoms with Crippen LogP contribution in [0.5, 0.6) is 0 Å². The van der Waals surface area contributed by atoms with Crippen molar-refractivity contribution in [2.24, 2.45) is 5.92 Å². The zero-order valence-electron chi connectivity index (χ0n) is 7.92. The highest BCUT2D eigenvalue weighted by molar-refractivity contribution is 5.95. The summed E-state index contributed by atoms with van der Waals surface area (Å²) in [5.41, 5.74) is 0. The van der Waals surface area contributed by atoms with Gasteiger partial charge in [-0.1, -0.05) is 19.8 Å². The summed E-state index contributed by atoms with van der Waals surface area (Å²) >= 11 is 0. The zero-order valence-corrected chi connectivity index (χ0v) is 7.92. The second kappa shape index (κ2) is 5.20. The Bertz CT molecular complexity index is 260. The lowest BCUT2D eigenvalue weighted by Gasteiger charge is -2.15. The molecule has 0 rings (SSSR count). The van der Waals surface area contributed by atoms with Crippen molar-refractivity contribution in [1.29, 1.82) is 0 Å². The van der Waals surface area contributed by atoms with Gasteiger partial charge in [0, 0.05) is 0 Å². The summed E-state index contributed by atoms with van der Waals surface area (Å²) in [7, 11) is 0. The van der Waals surface area contributed by atoms with Crippen LogP contribution in [0.3, 0.4) is 0 Å². The molecular weight excluding hydrogens is 170 g/mol. The van der Waals surface area contributed by atoms with Gasteiger partial charge in [-0.2, -0.15) is 0 Å². The van der Waals surface area contributed by atoms with E-state index in [2.05, 4.69) is 17.2 Å². The molecule has 0 bridgehead atoms. The van der Waals surface area contributed by atoms with Crippen LogP contribution >= 0.6 is 0 Å². The van der Waals surface area contributed by atoms with Crippen molar-refractivity contribution in [2.75, 3.05) is 0 Å². The van der Waals surface area contributed by atoms with E-state index in [0.29, 0.717) is 0 Å². The van der Waals surface area contributed by atoms with Crippen LogP contribution in [0, 0.1) is 17.8 Å². The fourth-order valence-electron chi connectivity index (χ4n) is 0.804. The fourth-order valence-corrected chi connectivity index (χ4v) is 0.804. The number of hydrogen-bond donors (Lipinski definition) is 2. The van der Waals surface area contributed by atoms with Gasteiger partial charge in [-0.3, -0.25) is 4.79 Å². The molecule has 0 aromatic heterocycles. The first-order valence-electron chi connectivity index (χ1n) is 3.95. The van der Waals surface area contributed by atoms with Crippen LogP contribution < -0.4 is 5.32 Å². The Morgan fingerprint density at radius 1 is 1.38 bits per heavy atom. The monoisotopic (exact) mass is 183 g/mol. The van der Waals surface area contributed by atoms with Crippen molar-refractivity contribution < 1.29 is 14.7 Å². The number of carbonyl (C=O) groups excluding carboxylic acids is 1. The van der Waals surface area contributed by atoms with E-state index < -0.39 is 17.9 Å². The molecule has 0 saturated carbocycles. The molecule has 1 atom stereocenters. The summed E-state index contributed by atoms with van der Waals surface area (Å²) in [6.07, 6.45) is 0. The highest BCUT2D eigenvalue weighted by atomic mass is 16.4. The molecule has 0 aliphatic heterocycles. The van der Waals surface area contributed by atoms with Gasteiger partial charge in [0.05, 0.1) is 0 Å². The number of amides is 1. The summed E-state index contributed by atoms with van der Waals surface area (Å²) < 4.78 is 0. The van der Waals surface area contributed by atoms with Gasteiger partial charge in [0.1, 0.15) is 6.04 Å². The molecule has 1 amide bonds. The van der Waals surface area contributed by atoms with Crippen molar-refractivity contribution in [3.8, 4) is 11.8 Å². The van der Waals surface area contributed by atoms with Crippen molar-refractivity contribution >= 4 is 11.9 Å². The maximum absolute atomic E-state index is 10.9. The summed E-state index contributed by atoms with van der Waals surface area (Å²) in [5, 5.41) is 11.0. The third-order valence-corrected chi connectivity index (χ3v) is 1.46. The average Bonchev–Trinajstić information content (AvgIpc) is 1.99. The Balaban J connectivity index is 4.32. The summed E-state index contributed by atoms with van der Waals surface area (Å²) in [6.45, 7) is 4.96. The Morgan fingerprint density at radius 2 is 1.92 bits per heavy atom. The Kier molecular flexibility index (Phi) is 4.60. The number of carboxylic acid groups (broad SMARTS) is 1. The number of aliphatic carboxylic acids is 1. The number of rotatable bonds is 3. The summed E-state index contributed by atoms with van der Waals surface area (Å²) in [6, 6.07) is -0.867. The molecule has 0 fully saturated rings. The van der Waals surface area contributed by atoms with Gasteiger partial charge in [-0.05, 0) is 18.8 Å². The van der Waals surface area contributed by atoms with Crippen molar-refractivity contribution in [3.05, 3.63) is 0 Å². The van der Waals surface area contributed by atoms with E-state index >= 15 is 0 Å². The van der Waals surface area contributed by atoms with Crippen LogP contribution in [0.1, 0.15) is 20.8 Å². The quantitative estimate of drug-likeness (QED) is 0.616. The van der Waals surface area contributed by atoms with E-state index in [-0.39, 0.29) is 5.92 Å². The van der Waals surface area contributed by atoms with Gasteiger partial charge in [-0.25, -0.2) is 4.79 Å². The van der Waals surface area contributed by atoms with E-state index in [1.807, 2.05) is 0 Å². The minimum absolute atomic E-state index is 0.153. The molecule has 0 radical (unpaired) electrons. The SMILES string of the molecule is CC#CC(=O)N[C@H](C(=O)O)C(C)C. The van der Waals surface area contributed by atoms with E-state index in [1.54, 1.807) is 13.8 Å². The minimum Gasteiger partial charge on any atom is -0.480 e. The molecule has 0 aliphatic carbocycles. The van der Waals surface area contributed by atoms with Crippen LogP contribution in [-0.4, -0.2) is 23.0 Å². The number of carbonyl (C=O) groups is 2. The molecule has 0 heterocycles. The molecule has 72 valence electrons. The topological polar surface area (TPSA) is 66.4 Å². The number of hydrogen-bond acceptors (Lipinski definition) is 2. The molecule has 0 unspecified atom stereocenters. The molecule has 0 aromatic rings. The maximum atomic E-state index is 10.9. The summed E-state index contributed by atoms with van der Waals surface area (Å²) in [5.74, 6) is 2.87. The van der Waals surface area contributed by atoms with Crippen LogP contribution in [0.2, 0.25) is 0 Å². The fraction of sp³-hybridized carbons (Fsp3) is 0.556. The van der Waals surface area contributed by atoms with E-state index in [1.165, 1.54) is 6.92 Å². The lowest BCUT2D eigenvalue weighted by molar-refractivity contribution is -0.142. The Morgan fingerprint density at radius 3 is 2.23 bits per heavy atom. The van der Waals surface area contributed by atoms with E-state index in [9.17, 15) is 9.59 Å². The van der Waals surface area contributed by atoms with Gasteiger partial charge in [0.25, 0.3) is 5.91 Å². The first-order chi connectivity index (χ1) is 5.99. The van der Waals surface area contributed by atoms with Crippen molar-refractivity contribution in [1.82, 2.24) is 5.32 Å². The predicted octanol–water partition coefficient (Wildman–Crippen LogP) is 0.235. The molecule has 0 saturated heterocycles. The molecule has 4 heteroatoms. The van der Waals surface area contributed by atoms with E-state index in [0.717, 1.165) is 0 Å². The van der Waals surface area contributed by atoms with Gasteiger partial charge in [0.15, 0.2) is 0 Å². The normalized spacial score (nSPS) is 11.4. The van der Waals surface area contributed by atoms with Crippen molar-refractivity contribution in [2.45, 2.75) is 26.8 Å². The molecule has 0 aromatic carbocycles. The van der Waals surface area contributed by atoms with Crippen LogP contribution in [-0.2, 0) is 9.59 Å². The van der Waals surface area contributed by atoms with Gasteiger partial charge in [0.2, 0.25) is 0 Å². The van der Waals surface area contributed by atoms with Crippen LogP contribution in [0.25, 0.3) is 0 Å².